The van der Waals surface area contributed by atoms with E-state index in [4.69, 9.17) is 5.11 Å². The van der Waals surface area contributed by atoms with Crippen LogP contribution in [0.5, 0.6) is 0 Å². The summed E-state index contributed by atoms with van der Waals surface area (Å²) >= 11 is 0. The predicted octanol–water partition coefficient (Wildman–Crippen LogP) is 1.62. The molecular formula is C12H23N3O. The number of unbranched alkanes of at least 4 members (excludes halogenated alkanes) is 1. The fourth-order valence-corrected chi connectivity index (χ4v) is 1.82. The molecule has 0 atom stereocenters. The van der Waals surface area contributed by atoms with Crippen LogP contribution in [-0.4, -0.2) is 39.9 Å². The van der Waals surface area contributed by atoms with Gasteiger partial charge >= 0.3 is 0 Å². The molecule has 1 aromatic heterocycles. The van der Waals surface area contributed by atoms with E-state index in [0.29, 0.717) is 0 Å². The molecule has 4 nitrogen and oxygen atoms in total. The van der Waals surface area contributed by atoms with E-state index in [1.807, 2.05) is 13.8 Å². The van der Waals surface area contributed by atoms with Gasteiger partial charge in [-0.1, -0.05) is 13.3 Å². The summed E-state index contributed by atoms with van der Waals surface area (Å²) in [5, 5.41) is 16.2. The van der Waals surface area contributed by atoms with Gasteiger partial charge in [0.15, 0.2) is 0 Å². The number of rotatable bonds is 7. The van der Waals surface area contributed by atoms with Crippen molar-refractivity contribution in [1.29, 1.82) is 0 Å². The van der Waals surface area contributed by atoms with E-state index in [1.165, 1.54) is 18.4 Å². The molecule has 92 valence electrons. The highest BCUT2D eigenvalue weighted by Gasteiger charge is 2.11. The molecule has 1 rings (SSSR count). The van der Waals surface area contributed by atoms with E-state index in [-0.39, 0.29) is 6.61 Å². The SMILES string of the molecule is CCCCN(CCO)Cc1c(C)n[nH]c1C. The lowest BCUT2D eigenvalue weighted by Crippen LogP contribution is -2.28. The van der Waals surface area contributed by atoms with Gasteiger partial charge in [0.25, 0.3) is 0 Å². The van der Waals surface area contributed by atoms with E-state index < -0.39 is 0 Å². The molecule has 0 aromatic carbocycles. The number of H-pyrrole nitrogens is 1. The minimum atomic E-state index is 0.222. The number of aromatic nitrogens is 2. The summed E-state index contributed by atoms with van der Waals surface area (Å²) in [4.78, 5) is 2.29. The number of aliphatic hydroxyl groups is 1. The molecule has 0 unspecified atom stereocenters. The second kappa shape index (κ2) is 6.66. The molecule has 1 aromatic rings. The fraction of sp³-hybridized carbons (Fsp3) is 0.750. The fourth-order valence-electron chi connectivity index (χ4n) is 1.82. The van der Waals surface area contributed by atoms with Gasteiger partial charge in [0, 0.05) is 24.3 Å². The number of hydrogen-bond donors (Lipinski definition) is 2. The van der Waals surface area contributed by atoms with Gasteiger partial charge in [0.05, 0.1) is 12.3 Å². The van der Waals surface area contributed by atoms with E-state index in [1.54, 1.807) is 0 Å². The molecular weight excluding hydrogens is 202 g/mol. The minimum absolute atomic E-state index is 0.222. The summed E-state index contributed by atoms with van der Waals surface area (Å²) in [5.41, 5.74) is 3.47. The monoisotopic (exact) mass is 225 g/mol. The second-order valence-corrected chi connectivity index (χ2v) is 4.27. The van der Waals surface area contributed by atoms with Gasteiger partial charge in [0.2, 0.25) is 0 Å². The summed E-state index contributed by atoms with van der Waals surface area (Å²) in [6.45, 7) is 9.15. The molecule has 0 saturated carbocycles. The quantitative estimate of drug-likeness (QED) is 0.741. The summed E-state index contributed by atoms with van der Waals surface area (Å²) in [5.74, 6) is 0. The Bertz CT molecular complexity index is 290. The lowest BCUT2D eigenvalue weighted by atomic mass is 10.2. The average Bonchev–Trinajstić information content (AvgIpc) is 2.57. The third kappa shape index (κ3) is 3.61. The number of nitrogens with one attached hydrogen (secondary N) is 1. The average molecular weight is 225 g/mol. The van der Waals surface area contributed by atoms with E-state index in [2.05, 4.69) is 22.0 Å². The maximum atomic E-state index is 9.04. The van der Waals surface area contributed by atoms with Gasteiger partial charge in [-0.15, -0.1) is 0 Å². The largest absolute Gasteiger partial charge is 0.395 e. The standard InChI is InChI=1S/C12H23N3O/c1-4-5-6-15(7-8-16)9-12-10(2)13-14-11(12)3/h16H,4-9H2,1-3H3,(H,13,14). The maximum Gasteiger partial charge on any atom is 0.0639 e. The first-order valence-corrected chi connectivity index (χ1v) is 6.02. The van der Waals surface area contributed by atoms with Crippen molar-refractivity contribution in [3.05, 3.63) is 17.0 Å². The number of hydrogen-bond acceptors (Lipinski definition) is 3. The van der Waals surface area contributed by atoms with Crippen molar-refractivity contribution in [2.45, 2.75) is 40.2 Å². The third-order valence-electron chi connectivity index (χ3n) is 2.91. The maximum absolute atomic E-state index is 9.04. The molecule has 0 aliphatic carbocycles. The molecule has 1 heterocycles. The van der Waals surface area contributed by atoms with Crippen LogP contribution in [0, 0.1) is 13.8 Å². The molecule has 0 aliphatic rings. The van der Waals surface area contributed by atoms with Crippen LogP contribution in [0.15, 0.2) is 0 Å². The molecule has 0 bridgehead atoms. The Hall–Kier alpha value is -0.870. The second-order valence-electron chi connectivity index (χ2n) is 4.27. The Morgan fingerprint density at radius 3 is 2.56 bits per heavy atom. The molecule has 0 saturated heterocycles. The lowest BCUT2D eigenvalue weighted by molar-refractivity contribution is 0.188. The van der Waals surface area contributed by atoms with Gasteiger partial charge in [-0.25, -0.2) is 0 Å². The Morgan fingerprint density at radius 1 is 1.31 bits per heavy atom. The molecule has 0 amide bonds. The summed E-state index contributed by atoms with van der Waals surface area (Å²) < 4.78 is 0. The molecule has 0 radical (unpaired) electrons. The van der Waals surface area contributed by atoms with Crippen molar-refractivity contribution in [3.8, 4) is 0 Å². The Balaban J connectivity index is 2.59. The Morgan fingerprint density at radius 2 is 2.06 bits per heavy atom. The highest BCUT2D eigenvalue weighted by Crippen LogP contribution is 2.12. The lowest BCUT2D eigenvalue weighted by Gasteiger charge is -2.21. The third-order valence-corrected chi connectivity index (χ3v) is 2.91. The van der Waals surface area contributed by atoms with E-state index in [0.717, 1.165) is 31.0 Å². The van der Waals surface area contributed by atoms with Crippen molar-refractivity contribution in [3.63, 3.8) is 0 Å². The number of nitrogens with zero attached hydrogens (tertiary/aromatic N) is 2. The summed E-state index contributed by atoms with van der Waals surface area (Å²) in [7, 11) is 0. The molecule has 4 heteroatoms. The van der Waals surface area contributed by atoms with Crippen molar-refractivity contribution >= 4 is 0 Å². The van der Waals surface area contributed by atoms with Gasteiger partial charge in [0.1, 0.15) is 0 Å². The zero-order valence-electron chi connectivity index (χ0n) is 10.6. The number of aliphatic hydroxyl groups excluding tert-OH is 1. The van der Waals surface area contributed by atoms with Crippen LogP contribution in [0.3, 0.4) is 0 Å². The van der Waals surface area contributed by atoms with Crippen molar-refractivity contribution in [1.82, 2.24) is 15.1 Å². The molecule has 2 N–H and O–H groups in total. The van der Waals surface area contributed by atoms with Crippen molar-refractivity contribution in [2.75, 3.05) is 19.7 Å². The topological polar surface area (TPSA) is 52.1 Å². The molecule has 0 fully saturated rings. The van der Waals surface area contributed by atoms with Crippen LogP contribution in [0.1, 0.15) is 36.7 Å². The smallest absolute Gasteiger partial charge is 0.0639 e. The molecule has 0 aliphatic heterocycles. The summed E-state index contributed by atoms with van der Waals surface area (Å²) in [6, 6.07) is 0. The van der Waals surface area contributed by atoms with Crippen LogP contribution in [0.4, 0.5) is 0 Å². The van der Waals surface area contributed by atoms with Gasteiger partial charge in [-0.2, -0.15) is 5.10 Å². The van der Waals surface area contributed by atoms with Crippen molar-refractivity contribution in [2.24, 2.45) is 0 Å². The zero-order chi connectivity index (χ0) is 12.0. The van der Waals surface area contributed by atoms with Crippen LogP contribution < -0.4 is 0 Å². The first-order chi connectivity index (χ1) is 7.69. The first kappa shape index (κ1) is 13.2. The van der Waals surface area contributed by atoms with E-state index in [9.17, 15) is 0 Å². The zero-order valence-corrected chi connectivity index (χ0v) is 10.6. The van der Waals surface area contributed by atoms with E-state index >= 15 is 0 Å². The number of aromatic amines is 1. The highest BCUT2D eigenvalue weighted by atomic mass is 16.3. The van der Waals surface area contributed by atoms with Crippen LogP contribution in [0.25, 0.3) is 0 Å². The van der Waals surface area contributed by atoms with Gasteiger partial charge in [-0.05, 0) is 26.8 Å². The van der Waals surface area contributed by atoms with Crippen molar-refractivity contribution < 1.29 is 5.11 Å². The normalized spacial score (nSPS) is 11.3. The van der Waals surface area contributed by atoms with Gasteiger partial charge < -0.3 is 5.11 Å². The Kier molecular flexibility index (Phi) is 5.49. The molecule has 0 spiro atoms. The summed E-state index contributed by atoms with van der Waals surface area (Å²) in [6.07, 6.45) is 2.36. The minimum Gasteiger partial charge on any atom is -0.395 e. The van der Waals surface area contributed by atoms with Crippen LogP contribution >= 0.6 is 0 Å². The van der Waals surface area contributed by atoms with Crippen LogP contribution in [0.2, 0.25) is 0 Å². The Labute approximate surface area is 97.7 Å². The highest BCUT2D eigenvalue weighted by molar-refractivity contribution is 5.22. The predicted molar refractivity (Wildman–Crippen MR) is 65.3 cm³/mol. The first-order valence-electron chi connectivity index (χ1n) is 6.02. The van der Waals surface area contributed by atoms with Crippen LogP contribution in [-0.2, 0) is 6.54 Å². The molecule has 16 heavy (non-hydrogen) atoms. The number of aryl methyl sites for hydroxylation is 2. The van der Waals surface area contributed by atoms with Gasteiger partial charge in [-0.3, -0.25) is 10.00 Å².